The molecule has 3 heterocycles. The third-order valence-electron chi connectivity index (χ3n) is 9.48. The number of aromatic nitrogens is 2. The average Bonchev–Trinajstić information content (AvgIpc) is 3.69. The van der Waals surface area contributed by atoms with Crippen molar-refractivity contribution in [3.8, 4) is 5.69 Å². The molecule has 0 saturated heterocycles. The SMILES string of the molecule is c1ccc(C2=NC(n3c4ccccc4c4ccc5c6c7ccccc7ccc6n(-c6ccccc6)c5c43)=NC(c3ccccc3)[N-]2)cc1. The van der Waals surface area contributed by atoms with Gasteiger partial charge in [-0.3, -0.25) is 9.56 Å². The lowest BCUT2D eigenvalue weighted by molar-refractivity contribution is 0.864. The van der Waals surface area contributed by atoms with Crippen LogP contribution in [0.5, 0.6) is 0 Å². The smallest absolute Gasteiger partial charge is 0.123 e. The molecule has 2 aromatic heterocycles. The van der Waals surface area contributed by atoms with Crippen molar-refractivity contribution in [1.29, 1.82) is 0 Å². The molecule has 10 rings (SSSR count). The van der Waals surface area contributed by atoms with E-state index in [-0.39, 0.29) is 0 Å². The van der Waals surface area contributed by atoms with Crippen LogP contribution in [0.1, 0.15) is 17.3 Å². The van der Waals surface area contributed by atoms with Crippen LogP contribution in [-0.4, -0.2) is 20.9 Å². The maximum absolute atomic E-state index is 5.30. The van der Waals surface area contributed by atoms with Gasteiger partial charge in [-0.05, 0) is 46.2 Å². The number of aliphatic imine (C=N–C) groups is 2. The van der Waals surface area contributed by atoms with Gasteiger partial charge in [0.15, 0.2) is 0 Å². The van der Waals surface area contributed by atoms with E-state index < -0.39 is 6.17 Å². The summed E-state index contributed by atoms with van der Waals surface area (Å²) in [6, 6.07) is 57.5. The highest BCUT2D eigenvalue weighted by molar-refractivity contribution is 6.30. The van der Waals surface area contributed by atoms with E-state index in [1.54, 1.807) is 0 Å². The third-order valence-corrected chi connectivity index (χ3v) is 9.48. The Morgan fingerprint density at radius 3 is 1.94 bits per heavy atom. The molecule has 0 radical (unpaired) electrons. The quantitative estimate of drug-likeness (QED) is 0.190. The van der Waals surface area contributed by atoms with Crippen molar-refractivity contribution in [3.63, 3.8) is 0 Å². The fraction of sp³-hybridized carbons (Fsp3) is 0.0233. The van der Waals surface area contributed by atoms with Gasteiger partial charge in [0.05, 0.1) is 28.2 Å². The summed E-state index contributed by atoms with van der Waals surface area (Å²) in [5.74, 6) is 1.29. The fourth-order valence-electron chi connectivity index (χ4n) is 7.39. The molecule has 0 fully saturated rings. The van der Waals surface area contributed by atoms with Crippen molar-refractivity contribution >= 4 is 66.2 Å². The minimum absolute atomic E-state index is 0.437. The second-order valence-electron chi connectivity index (χ2n) is 12.2. The van der Waals surface area contributed by atoms with Crippen molar-refractivity contribution in [2.24, 2.45) is 9.98 Å². The van der Waals surface area contributed by atoms with Crippen LogP contribution in [0.4, 0.5) is 0 Å². The molecular weight excluding hydrogens is 587 g/mol. The van der Waals surface area contributed by atoms with Gasteiger partial charge in [0, 0.05) is 27.2 Å². The van der Waals surface area contributed by atoms with E-state index >= 15 is 0 Å². The number of hydrogen-bond donors (Lipinski definition) is 0. The first-order valence-electron chi connectivity index (χ1n) is 16.2. The molecule has 0 N–H and O–H groups in total. The van der Waals surface area contributed by atoms with Gasteiger partial charge in [-0.15, -0.1) is 0 Å². The van der Waals surface area contributed by atoms with E-state index in [4.69, 9.17) is 15.3 Å². The number of nitrogens with zero attached hydrogens (tertiary/aromatic N) is 5. The second kappa shape index (κ2) is 10.5. The third kappa shape index (κ3) is 3.98. The Morgan fingerprint density at radius 2 is 1.12 bits per heavy atom. The van der Waals surface area contributed by atoms with Crippen molar-refractivity contribution < 1.29 is 0 Å². The monoisotopic (exact) mass is 614 g/mol. The highest BCUT2D eigenvalue weighted by Crippen LogP contribution is 2.43. The molecule has 5 nitrogen and oxygen atoms in total. The zero-order valence-electron chi connectivity index (χ0n) is 25.9. The van der Waals surface area contributed by atoms with Crippen molar-refractivity contribution in [2.75, 3.05) is 0 Å². The van der Waals surface area contributed by atoms with E-state index in [2.05, 4.69) is 137 Å². The lowest BCUT2D eigenvalue weighted by Crippen LogP contribution is -2.20. The Bertz CT molecular complexity index is 2740. The van der Waals surface area contributed by atoms with Gasteiger partial charge in [0.2, 0.25) is 0 Å². The van der Waals surface area contributed by atoms with Crippen LogP contribution in [0.3, 0.4) is 0 Å². The topological polar surface area (TPSA) is 48.7 Å². The largest absolute Gasteiger partial charge is 0.438 e. The fourth-order valence-corrected chi connectivity index (χ4v) is 7.39. The number of para-hydroxylation sites is 2. The molecule has 0 bridgehead atoms. The molecule has 0 saturated carbocycles. The van der Waals surface area contributed by atoms with Crippen LogP contribution in [0.15, 0.2) is 174 Å². The molecule has 226 valence electrons. The van der Waals surface area contributed by atoms with E-state index in [0.29, 0.717) is 11.8 Å². The van der Waals surface area contributed by atoms with Gasteiger partial charge in [0.25, 0.3) is 0 Å². The minimum atomic E-state index is -0.437. The van der Waals surface area contributed by atoms with Crippen LogP contribution in [0.25, 0.3) is 65.4 Å². The molecule has 0 spiro atoms. The summed E-state index contributed by atoms with van der Waals surface area (Å²) < 4.78 is 4.68. The Labute approximate surface area is 276 Å². The summed E-state index contributed by atoms with van der Waals surface area (Å²) in [4.78, 5) is 10.5. The zero-order valence-corrected chi connectivity index (χ0v) is 25.9. The molecular formula is C43H28N5-. The first-order chi connectivity index (χ1) is 23.8. The van der Waals surface area contributed by atoms with Gasteiger partial charge in [-0.25, -0.2) is 0 Å². The maximum Gasteiger partial charge on any atom is 0.123 e. The normalized spacial score (nSPS) is 14.9. The molecule has 5 heteroatoms. The number of rotatable bonds is 3. The van der Waals surface area contributed by atoms with Crippen LogP contribution in [0, 0.1) is 0 Å². The first-order valence-corrected chi connectivity index (χ1v) is 16.2. The number of fused-ring (bicyclic) bond motifs is 9. The lowest BCUT2D eigenvalue weighted by atomic mass is 10.0. The summed E-state index contributed by atoms with van der Waals surface area (Å²) in [5.41, 5.74) is 7.50. The van der Waals surface area contributed by atoms with Gasteiger partial charge in [0.1, 0.15) is 5.96 Å². The van der Waals surface area contributed by atoms with E-state index in [1.165, 1.54) is 21.5 Å². The summed E-state index contributed by atoms with van der Waals surface area (Å²) in [7, 11) is 0. The van der Waals surface area contributed by atoms with Gasteiger partial charge < -0.3 is 14.9 Å². The van der Waals surface area contributed by atoms with E-state index in [0.717, 1.165) is 49.7 Å². The molecule has 1 atom stereocenters. The summed E-state index contributed by atoms with van der Waals surface area (Å²) in [6.07, 6.45) is -0.437. The molecule has 9 aromatic rings. The number of hydrogen-bond acceptors (Lipinski definition) is 2. The van der Waals surface area contributed by atoms with Crippen LogP contribution in [0.2, 0.25) is 0 Å². The molecule has 0 aliphatic carbocycles. The maximum atomic E-state index is 5.30. The lowest BCUT2D eigenvalue weighted by Gasteiger charge is -2.33. The zero-order chi connectivity index (χ0) is 31.6. The average molecular weight is 615 g/mol. The van der Waals surface area contributed by atoms with Crippen molar-refractivity contribution in [1.82, 2.24) is 9.13 Å². The Morgan fingerprint density at radius 1 is 0.479 bits per heavy atom. The van der Waals surface area contributed by atoms with Crippen LogP contribution in [-0.2, 0) is 0 Å². The van der Waals surface area contributed by atoms with Gasteiger partial charge in [-0.2, -0.15) is 0 Å². The minimum Gasteiger partial charge on any atom is -0.438 e. The standard InChI is InChI=1S/C43H28N5/c1-4-15-29(16-5-1)41-44-42(30-17-6-2-7-18-30)46-43(45-41)48-36-23-13-12-22-33(36)34-25-26-35-38-32-21-11-10-14-28(32)24-27-37(38)47(40(35)39(34)48)31-19-8-3-9-20-31/h1-27,41H/q-1. The second-order valence-corrected chi connectivity index (χ2v) is 12.2. The highest BCUT2D eigenvalue weighted by Gasteiger charge is 2.23. The van der Waals surface area contributed by atoms with Gasteiger partial charge >= 0.3 is 0 Å². The molecule has 1 aliphatic rings. The van der Waals surface area contributed by atoms with E-state index in [1.807, 2.05) is 36.4 Å². The summed E-state index contributed by atoms with van der Waals surface area (Å²) in [5, 5.41) is 12.3. The molecule has 1 unspecified atom stereocenters. The number of amidine groups is 1. The van der Waals surface area contributed by atoms with Crippen LogP contribution >= 0.6 is 0 Å². The molecule has 1 aliphatic heterocycles. The van der Waals surface area contributed by atoms with Crippen molar-refractivity contribution in [3.05, 3.63) is 180 Å². The molecule has 48 heavy (non-hydrogen) atoms. The molecule has 0 amide bonds. The summed E-state index contributed by atoms with van der Waals surface area (Å²) in [6.45, 7) is 0. The Kier molecular flexibility index (Phi) is 5.87. The Hall–Kier alpha value is -6.46. The van der Waals surface area contributed by atoms with Crippen molar-refractivity contribution in [2.45, 2.75) is 6.17 Å². The predicted octanol–water partition coefficient (Wildman–Crippen LogP) is 10.8. The predicted molar refractivity (Wildman–Crippen MR) is 200 cm³/mol. The summed E-state index contributed by atoms with van der Waals surface area (Å²) >= 11 is 0. The first kappa shape index (κ1) is 26.7. The number of benzene rings is 7. The highest BCUT2D eigenvalue weighted by atomic mass is 15.3. The Balaban J connectivity index is 1.39. The van der Waals surface area contributed by atoms with Crippen LogP contribution < -0.4 is 0 Å². The van der Waals surface area contributed by atoms with Gasteiger partial charge in [-0.1, -0.05) is 145 Å². The molecule has 7 aromatic carbocycles. The van der Waals surface area contributed by atoms with E-state index in [9.17, 15) is 0 Å².